The van der Waals surface area contributed by atoms with Crippen LogP contribution in [0.1, 0.15) is 12.8 Å². The fourth-order valence-corrected chi connectivity index (χ4v) is 0.908. The molecule has 1 rings (SSSR count). The number of nitrogens with one attached hydrogen (secondary N) is 1. The number of amides is 1. The summed E-state index contributed by atoms with van der Waals surface area (Å²) in [5.74, 6) is -1.66. The third-order valence-corrected chi connectivity index (χ3v) is 1.61. The molecule has 1 amide bonds. The summed E-state index contributed by atoms with van der Waals surface area (Å²) in [7, 11) is 0. The Labute approximate surface area is 85.6 Å². The average molecular weight is 210 g/mol. The number of pyridine rings is 1. The van der Waals surface area contributed by atoms with Crippen molar-refractivity contribution in [2.75, 3.05) is 5.32 Å². The molecule has 0 saturated carbocycles. The van der Waals surface area contributed by atoms with E-state index in [1.54, 1.807) is 0 Å². The molecule has 0 radical (unpaired) electrons. The molecule has 0 unspecified atom stereocenters. The second kappa shape index (κ2) is 4.94. The van der Waals surface area contributed by atoms with Crippen LogP contribution in [0.2, 0.25) is 0 Å². The molecule has 3 N–H and O–H groups in total. The Balaban J connectivity index is 2.52. The summed E-state index contributed by atoms with van der Waals surface area (Å²) in [6.07, 6.45) is 1.01. The Morgan fingerprint density at radius 3 is 2.73 bits per heavy atom. The van der Waals surface area contributed by atoms with Crippen LogP contribution in [0.3, 0.4) is 0 Å². The molecule has 15 heavy (non-hydrogen) atoms. The van der Waals surface area contributed by atoms with Crippen molar-refractivity contribution in [1.82, 2.24) is 4.98 Å². The largest absolute Gasteiger partial charge is 0.504 e. The summed E-state index contributed by atoms with van der Waals surface area (Å²) >= 11 is 0. The van der Waals surface area contributed by atoms with Gasteiger partial charge in [-0.05, 0) is 12.1 Å². The predicted molar refractivity (Wildman–Crippen MR) is 51.4 cm³/mol. The molecule has 0 atom stereocenters. The zero-order valence-electron chi connectivity index (χ0n) is 7.80. The van der Waals surface area contributed by atoms with E-state index in [1.165, 1.54) is 18.3 Å². The number of hydrogen-bond acceptors (Lipinski definition) is 4. The number of aromatic nitrogens is 1. The Morgan fingerprint density at radius 1 is 1.40 bits per heavy atom. The van der Waals surface area contributed by atoms with Crippen molar-refractivity contribution in [3.63, 3.8) is 0 Å². The second-order valence-corrected chi connectivity index (χ2v) is 2.81. The standard InChI is InChI=1S/C9H10N2O4/c12-6-2-1-5-10-9(6)11-7(13)3-4-8(14)15/h1-2,5,12H,3-4H2,(H,14,15)(H,10,11,13). The summed E-state index contributed by atoms with van der Waals surface area (Å²) < 4.78 is 0. The molecular weight excluding hydrogens is 200 g/mol. The molecule has 0 aliphatic heterocycles. The molecule has 0 aliphatic carbocycles. The first-order valence-corrected chi connectivity index (χ1v) is 4.25. The van der Waals surface area contributed by atoms with Crippen LogP contribution in [0, 0.1) is 0 Å². The van der Waals surface area contributed by atoms with Crippen LogP contribution < -0.4 is 5.32 Å². The monoisotopic (exact) mass is 210 g/mol. The normalized spacial score (nSPS) is 9.60. The van der Waals surface area contributed by atoms with Crippen molar-refractivity contribution < 1.29 is 19.8 Å². The van der Waals surface area contributed by atoms with Gasteiger partial charge in [-0.25, -0.2) is 4.98 Å². The number of aliphatic carboxylic acids is 1. The molecule has 1 aromatic heterocycles. The average Bonchev–Trinajstić information content (AvgIpc) is 2.18. The lowest BCUT2D eigenvalue weighted by molar-refractivity contribution is -0.138. The number of carbonyl (C=O) groups is 2. The first-order chi connectivity index (χ1) is 7.09. The lowest BCUT2D eigenvalue weighted by Gasteiger charge is -2.04. The maximum Gasteiger partial charge on any atom is 0.303 e. The van der Waals surface area contributed by atoms with E-state index in [4.69, 9.17) is 5.11 Å². The Kier molecular flexibility index (Phi) is 3.61. The van der Waals surface area contributed by atoms with Crippen LogP contribution >= 0.6 is 0 Å². The smallest absolute Gasteiger partial charge is 0.303 e. The number of anilines is 1. The molecule has 0 spiro atoms. The minimum atomic E-state index is -1.05. The molecule has 0 aliphatic rings. The van der Waals surface area contributed by atoms with Gasteiger partial charge < -0.3 is 15.5 Å². The van der Waals surface area contributed by atoms with Gasteiger partial charge in [0.1, 0.15) is 0 Å². The van der Waals surface area contributed by atoms with Crippen LogP contribution in [-0.4, -0.2) is 27.1 Å². The highest BCUT2D eigenvalue weighted by Crippen LogP contribution is 2.18. The summed E-state index contributed by atoms with van der Waals surface area (Å²) in [4.78, 5) is 25.0. The summed E-state index contributed by atoms with van der Waals surface area (Å²) in [6, 6.07) is 2.89. The van der Waals surface area contributed by atoms with Crippen molar-refractivity contribution in [3.8, 4) is 5.75 Å². The first-order valence-electron chi connectivity index (χ1n) is 4.25. The molecule has 6 heteroatoms. The van der Waals surface area contributed by atoms with Gasteiger partial charge in [0.15, 0.2) is 11.6 Å². The number of aromatic hydroxyl groups is 1. The van der Waals surface area contributed by atoms with Gasteiger partial charge in [0.2, 0.25) is 5.91 Å². The number of carbonyl (C=O) groups excluding carboxylic acids is 1. The number of carboxylic acid groups (broad SMARTS) is 1. The zero-order valence-corrected chi connectivity index (χ0v) is 7.80. The Bertz CT molecular complexity index is 378. The predicted octanol–water partition coefficient (Wildman–Crippen LogP) is 0.590. The van der Waals surface area contributed by atoms with E-state index in [9.17, 15) is 14.7 Å². The lowest BCUT2D eigenvalue weighted by atomic mass is 10.3. The fraction of sp³-hybridized carbons (Fsp3) is 0.222. The number of rotatable bonds is 4. The van der Waals surface area contributed by atoms with Gasteiger partial charge in [0, 0.05) is 12.6 Å². The van der Waals surface area contributed by atoms with Crippen molar-refractivity contribution in [1.29, 1.82) is 0 Å². The van der Waals surface area contributed by atoms with Gasteiger partial charge in [-0.2, -0.15) is 0 Å². The topological polar surface area (TPSA) is 99.5 Å². The maximum absolute atomic E-state index is 11.1. The highest BCUT2D eigenvalue weighted by atomic mass is 16.4. The molecular formula is C9H10N2O4. The molecule has 0 aromatic carbocycles. The van der Waals surface area contributed by atoms with Crippen LogP contribution in [0.15, 0.2) is 18.3 Å². The van der Waals surface area contributed by atoms with E-state index in [0.717, 1.165) is 0 Å². The fourth-order valence-electron chi connectivity index (χ4n) is 0.908. The van der Waals surface area contributed by atoms with Crippen LogP contribution in [-0.2, 0) is 9.59 Å². The van der Waals surface area contributed by atoms with E-state index in [0.29, 0.717) is 0 Å². The van der Waals surface area contributed by atoms with Crippen molar-refractivity contribution in [2.45, 2.75) is 12.8 Å². The molecule has 0 fully saturated rings. The molecule has 80 valence electrons. The quantitative estimate of drug-likeness (QED) is 0.675. The van der Waals surface area contributed by atoms with Gasteiger partial charge in [0.05, 0.1) is 6.42 Å². The van der Waals surface area contributed by atoms with E-state index in [-0.39, 0.29) is 24.4 Å². The van der Waals surface area contributed by atoms with Gasteiger partial charge in [-0.1, -0.05) is 0 Å². The molecule has 0 saturated heterocycles. The highest BCUT2D eigenvalue weighted by molar-refractivity contribution is 5.92. The number of nitrogens with zero attached hydrogens (tertiary/aromatic N) is 1. The lowest BCUT2D eigenvalue weighted by Crippen LogP contribution is -2.14. The van der Waals surface area contributed by atoms with E-state index >= 15 is 0 Å². The van der Waals surface area contributed by atoms with Crippen LogP contribution in [0.5, 0.6) is 5.75 Å². The Hall–Kier alpha value is -2.11. The third-order valence-electron chi connectivity index (χ3n) is 1.61. The Morgan fingerprint density at radius 2 is 2.13 bits per heavy atom. The molecule has 0 bridgehead atoms. The first kappa shape index (κ1) is 11.0. The van der Waals surface area contributed by atoms with Crippen LogP contribution in [0.4, 0.5) is 5.82 Å². The molecule has 1 aromatic rings. The van der Waals surface area contributed by atoms with Crippen molar-refractivity contribution in [2.24, 2.45) is 0 Å². The van der Waals surface area contributed by atoms with Gasteiger partial charge in [0.25, 0.3) is 0 Å². The number of carboxylic acids is 1. The minimum Gasteiger partial charge on any atom is -0.504 e. The molecule has 6 nitrogen and oxygen atoms in total. The van der Waals surface area contributed by atoms with Gasteiger partial charge in [-0.15, -0.1) is 0 Å². The van der Waals surface area contributed by atoms with Crippen LogP contribution in [0.25, 0.3) is 0 Å². The SMILES string of the molecule is O=C(O)CCC(=O)Nc1ncccc1O. The summed E-state index contributed by atoms with van der Waals surface area (Å²) in [6.45, 7) is 0. The van der Waals surface area contributed by atoms with E-state index in [1.807, 2.05) is 0 Å². The molecule has 1 heterocycles. The van der Waals surface area contributed by atoms with Gasteiger partial charge >= 0.3 is 5.97 Å². The zero-order chi connectivity index (χ0) is 11.3. The highest BCUT2D eigenvalue weighted by Gasteiger charge is 2.08. The second-order valence-electron chi connectivity index (χ2n) is 2.81. The van der Waals surface area contributed by atoms with Crippen molar-refractivity contribution in [3.05, 3.63) is 18.3 Å². The van der Waals surface area contributed by atoms with E-state index < -0.39 is 11.9 Å². The van der Waals surface area contributed by atoms with Gasteiger partial charge in [-0.3, -0.25) is 9.59 Å². The van der Waals surface area contributed by atoms with E-state index in [2.05, 4.69) is 10.3 Å². The number of hydrogen-bond donors (Lipinski definition) is 3. The summed E-state index contributed by atoms with van der Waals surface area (Å²) in [5, 5.41) is 19.9. The third kappa shape index (κ3) is 3.63. The minimum absolute atomic E-state index is 0.0351. The summed E-state index contributed by atoms with van der Waals surface area (Å²) in [5.41, 5.74) is 0. The van der Waals surface area contributed by atoms with Crippen molar-refractivity contribution >= 4 is 17.7 Å². The maximum atomic E-state index is 11.1.